The molecule has 0 saturated carbocycles. The molecule has 74 valence electrons. The summed E-state index contributed by atoms with van der Waals surface area (Å²) in [5.41, 5.74) is 0.0828. The third kappa shape index (κ3) is 2.25. The molecule has 4 heteroatoms. The van der Waals surface area contributed by atoms with Crippen molar-refractivity contribution >= 4 is 0 Å². The first-order valence-electron chi connectivity index (χ1n) is 4.49. The Kier molecular flexibility index (Phi) is 3.97. The molecule has 14 heavy (non-hydrogen) atoms. The number of rotatable bonds is 2. The SMILES string of the molecule is COC(=C(C#N)C#N)C1CCOCC1. The zero-order valence-electron chi connectivity index (χ0n) is 8.12. The third-order valence-corrected chi connectivity index (χ3v) is 2.28. The van der Waals surface area contributed by atoms with E-state index in [1.807, 2.05) is 12.1 Å². The summed E-state index contributed by atoms with van der Waals surface area (Å²) in [6.07, 6.45) is 1.63. The Balaban J connectivity index is 2.85. The van der Waals surface area contributed by atoms with Crippen LogP contribution in [0.2, 0.25) is 0 Å². The van der Waals surface area contributed by atoms with E-state index in [1.54, 1.807) is 0 Å². The highest BCUT2D eigenvalue weighted by atomic mass is 16.5. The van der Waals surface area contributed by atoms with Gasteiger partial charge in [0.05, 0.1) is 7.11 Å². The molecule has 0 aliphatic carbocycles. The van der Waals surface area contributed by atoms with Crippen molar-refractivity contribution in [3.63, 3.8) is 0 Å². The van der Waals surface area contributed by atoms with Crippen LogP contribution in [0.3, 0.4) is 0 Å². The van der Waals surface area contributed by atoms with Gasteiger partial charge in [-0.05, 0) is 12.8 Å². The quantitative estimate of drug-likeness (QED) is 0.489. The number of hydrogen-bond donors (Lipinski definition) is 0. The minimum Gasteiger partial charge on any atom is -0.499 e. The number of ether oxygens (including phenoxy) is 2. The number of nitriles is 2. The lowest BCUT2D eigenvalue weighted by Gasteiger charge is -2.23. The van der Waals surface area contributed by atoms with Gasteiger partial charge in [0.25, 0.3) is 0 Å². The molecular formula is C10H12N2O2. The van der Waals surface area contributed by atoms with Gasteiger partial charge >= 0.3 is 0 Å². The molecule has 1 saturated heterocycles. The highest BCUT2D eigenvalue weighted by Gasteiger charge is 2.22. The van der Waals surface area contributed by atoms with Crippen LogP contribution in [0.15, 0.2) is 11.3 Å². The van der Waals surface area contributed by atoms with Gasteiger partial charge in [0, 0.05) is 19.1 Å². The molecule has 0 atom stereocenters. The average Bonchev–Trinajstić information content (AvgIpc) is 2.27. The first-order chi connectivity index (χ1) is 6.83. The van der Waals surface area contributed by atoms with E-state index < -0.39 is 0 Å². The van der Waals surface area contributed by atoms with Crippen LogP contribution in [0.25, 0.3) is 0 Å². The minimum absolute atomic E-state index is 0.0828. The molecule has 1 rings (SSSR count). The van der Waals surface area contributed by atoms with Gasteiger partial charge in [-0.15, -0.1) is 0 Å². The zero-order chi connectivity index (χ0) is 10.4. The maximum Gasteiger partial charge on any atom is 0.167 e. The van der Waals surface area contributed by atoms with Gasteiger partial charge in [0.1, 0.15) is 17.9 Å². The Morgan fingerprint density at radius 1 is 1.29 bits per heavy atom. The van der Waals surface area contributed by atoms with Gasteiger partial charge in [-0.2, -0.15) is 10.5 Å². The lowest BCUT2D eigenvalue weighted by Crippen LogP contribution is -2.19. The van der Waals surface area contributed by atoms with Gasteiger partial charge in [-0.3, -0.25) is 0 Å². The maximum atomic E-state index is 8.72. The Morgan fingerprint density at radius 2 is 1.86 bits per heavy atom. The van der Waals surface area contributed by atoms with E-state index in [-0.39, 0.29) is 11.5 Å². The monoisotopic (exact) mass is 192 g/mol. The lowest BCUT2D eigenvalue weighted by molar-refractivity contribution is 0.0589. The fraction of sp³-hybridized carbons (Fsp3) is 0.600. The van der Waals surface area contributed by atoms with Gasteiger partial charge in [-0.25, -0.2) is 0 Å². The highest BCUT2D eigenvalue weighted by molar-refractivity contribution is 5.38. The fourth-order valence-corrected chi connectivity index (χ4v) is 1.57. The molecule has 0 radical (unpaired) electrons. The van der Waals surface area contributed by atoms with E-state index >= 15 is 0 Å². The third-order valence-electron chi connectivity index (χ3n) is 2.28. The number of hydrogen-bond acceptors (Lipinski definition) is 4. The molecule has 0 aromatic rings. The summed E-state index contributed by atoms with van der Waals surface area (Å²) in [7, 11) is 1.50. The topological polar surface area (TPSA) is 66.0 Å². The Hall–Kier alpha value is -1.52. The summed E-state index contributed by atoms with van der Waals surface area (Å²) >= 11 is 0. The average molecular weight is 192 g/mol. The van der Waals surface area contributed by atoms with Crippen LogP contribution in [0.4, 0.5) is 0 Å². The molecule has 0 aromatic heterocycles. The number of nitrogens with zero attached hydrogens (tertiary/aromatic N) is 2. The first kappa shape index (κ1) is 10.6. The molecular weight excluding hydrogens is 180 g/mol. The summed E-state index contributed by atoms with van der Waals surface area (Å²) in [4.78, 5) is 0. The van der Waals surface area contributed by atoms with Crippen LogP contribution in [-0.4, -0.2) is 20.3 Å². The number of methoxy groups -OCH3 is 1. The second kappa shape index (κ2) is 5.26. The van der Waals surface area contributed by atoms with Gasteiger partial charge in [-0.1, -0.05) is 0 Å². The first-order valence-corrected chi connectivity index (χ1v) is 4.49. The smallest absolute Gasteiger partial charge is 0.167 e. The summed E-state index contributed by atoms with van der Waals surface area (Å²) in [5.74, 6) is 0.668. The highest BCUT2D eigenvalue weighted by Crippen LogP contribution is 2.25. The molecule has 0 bridgehead atoms. The largest absolute Gasteiger partial charge is 0.499 e. The zero-order valence-corrected chi connectivity index (χ0v) is 8.12. The Bertz CT molecular complexity index is 287. The molecule has 0 unspecified atom stereocenters. The lowest BCUT2D eigenvalue weighted by atomic mass is 9.95. The van der Waals surface area contributed by atoms with Crippen molar-refractivity contribution in [2.24, 2.45) is 5.92 Å². The summed E-state index contributed by atoms with van der Waals surface area (Å²) in [6.45, 7) is 1.34. The molecule has 1 heterocycles. The van der Waals surface area contributed by atoms with Crippen LogP contribution in [0.1, 0.15) is 12.8 Å². The van der Waals surface area contributed by atoms with E-state index in [0.29, 0.717) is 19.0 Å². The molecule has 0 spiro atoms. The predicted molar refractivity (Wildman–Crippen MR) is 48.8 cm³/mol. The molecule has 1 aliphatic heterocycles. The van der Waals surface area contributed by atoms with Crippen molar-refractivity contribution in [3.8, 4) is 12.1 Å². The summed E-state index contributed by atoms with van der Waals surface area (Å²) < 4.78 is 10.3. The molecule has 0 amide bonds. The molecule has 0 aromatic carbocycles. The van der Waals surface area contributed by atoms with Crippen LogP contribution >= 0.6 is 0 Å². The van der Waals surface area contributed by atoms with E-state index in [0.717, 1.165) is 12.8 Å². The van der Waals surface area contributed by atoms with Crippen LogP contribution in [0, 0.1) is 28.6 Å². The summed E-state index contributed by atoms with van der Waals surface area (Å²) in [5, 5.41) is 17.4. The fourth-order valence-electron chi connectivity index (χ4n) is 1.57. The van der Waals surface area contributed by atoms with Gasteiger partial charge in [0.15, 0.2) is 5.57 Å². The van der Waals surface area contributed by atoms with E-state index in [2.05, 4.69) is 0 Å². The Morgan fingerprint density at radius 3 is 2.29 bits per heavy atom. The van der Waals surface area contributed by atoms with Crippen molar-refractivity contribution in [2.45, 2.75) is 12.8 Å². The maximum absolute atomic E-state index is 8.72. The molecule has 1 fully saturated rings. The molecule has 4 nitrogen and oxygen atoms in total. The van der Waals surface area contributed by atoms with Crippen LogP contribution in [0.5, 0.6) is 0 Å². The Labute approximate surface area is 83.3 Å². The standard InChI is InChI=1S/C10H12N2O2/c1-13-10(9(6-11)7-12)8-2-4-14-5-3-8/h8H,2-5H2,1H3. The van der Waals surface area contributed by atoms with Crippen molar-refractivity contribution in [1.82, 2.24) is 0 Å². The second-order valence-corrected chi connectivity index (χ2v) is 3.05. The number of allylic oxidation sites excluding steroid dienone is 2. The predicted octanol–water partition coefficient (Wildman–Crippen LogP) is 1.36. The molecule has 1 aliphatic rings. The van der Waals surface area contributed by atoms with Crippen molar-refractivity contribution in [3.05, 3.63) is 11.3 Å². The van der Waals surface area contributed by atoms with E-state index in [4.69, 9.17) is 20.0 Å². The normalized spacial score (nSPS) is 16.5. The van der Waals surface area contributed by atoms with Gasteiger partial charge in [0.2, 0.25) is 0 Å². The second-order valence-electron chi connectivity index (χ2n) is 3.05. The van der Waals surface area contributed by atoms with Crippen molar-refractivity contribution in [2.75, 3.05) is 20.3 Å². The summed E-state index contributed by atoms with van der Waals surface area (Å²) in [6, 6.07) is 3.71. The van der Waals surface area contributed by atoms with E-state index in [1.165, 1.54) is 7.11 Å². The van der Waals surface area contributed by atoms with Crippen molar-refractivity contribution in [1.29, 1.82) is 10.5 Å². The van der Waals surface area contributed by atoms with Crippen LogP contribution < -0.4 is 0 Å². The molecule has 0 N–H and O–H groups in total. The van der Waals surface area contributed by atoms with Crippen LogP contribution in [-0.2, 0) is 9.47 Å². The van der Waals surface area contributed by atoms with Gasteiger partial charge < -0.3 is 9.47 Å². The minimum atomic E-state index is 0.0828. The van der Waals surface area contributed by atoms with Crippen molar-refractivity contribution < 1.29 is 9.47 Å². The van der Waals surface area contributed by atoms with E-state index in [9.17, 15) is 0 Å².